The molecule has 0 aliphatic rings. The maximum Gasteiger partial charge on any atom is 0.346 e. The van der Waals surface area contributed by atoms with Crippen LogP contribution in [0.2, 0.25) is 0 Å². The molecule has 0 heterocycles. The van der Waals surface area contributed by atoms with Crippen LogP contribution in [0.25, 0.3) is 0 Å². The highest BCUT2D eigenvalue weighted by atomic mass is 79.9. The van der Waals surface area contributed by atoms with E-state index in [0.29, 0.717) is 5.75 Å². The third-order valence-corrected chi connectivity index (χ3v) is 2.91. The summed E-state index contributed by atoms with van der Waals surface area (Å²) in [6, 6.07) is 5.74. The Balaban J connectivity index is 2.78. The van der Waals surface area contributed by atoms with Crippen molar-refractivity contribution in [2.75, 3.05) is 7.11 Å². The Morgan fingerprint density at radius 2 is 2.19 bits per heavy atom. The fraction of sp³-hybridized carbons (Fsp3) is 0.417. The number of halogens is 1. The number of esters is 1. The van der Waals surface area contributed by atoms with E-state index in [1.165, 1.54) is 12.7 Å². The summed E-state index contributed by atoms with van der Waals surface area (Å²) in [4.78, 5) is 11.2. The number of ether oxygens (including phenoxy) is 2. The van der Waals surface area contributed by atoms with E-state index in [2.05, 4.69) is 20.7 Å². The normalized spacial score (nSPS) is 12.0. The van der Waals surface area contributed by atoms with Crippen LogP contribution in [0.3, 0.4) is 0 Å². The van der Waals surface area contributed by atoms with E-state index in [9.17, 15) is 4.79 Å². The van der Waals surface area contributed by atoms with Crippen LogP contribution in [0, 0.1) is 6.92 Å². The van der Waals surface area contributed by atoms with Gasteiger partial charge in [-0.15, -0.1) is 0 Å². The molecule has 0 saturated carbocycles. The second-order valence-electron chi connectivity index (χ2n) is 3.51. The molecular formula is C12H15BrO3. The van der Waals surface area contributed by atoms with E-state index >= 15 is 0 Å². The molecule has 0 aromatic heterocycles. The first-order valence-electron chi connectivity index (χ1n) is 4.98. The smallest absolute Gasteiger partial charge is 0.346 e. The van der Waals surface area contributed by atoms with Gasteiger partial charge in [-0.3, -0.25) is 0 Å². The molecule has 0 radical (unpaired) electrons. The van der Waals surface area contributed by atoms with Crippen molar-refractivity contribution in [2.45, 2.75) is 25.3 Å². The average Bonchev–Trinajstić information content (AvgIpc) is 2.30. The molecule has 0 saturated heterocycles. The summed E-state index contributed by atoms with van der Waals surface area (Å²) >= 11 is 3.40. The van der Waals surface area contributed by atoms with E-state index in [-0.39, 0.29) is 5.97 Å². The molecule has 0 aliphatic carbocycles. The summed E-state index contributed by atoms with van der Waals surface area (Å²) < 4.78 is 10.1. The lowest BCUT2D eigenvalue weighted by molar-refractivity contribution is -0.147. The molecule has 0 bridgehead atoms. The molecule has 0 N–H and O–H groups in total. The van der Waals surface area contributed by atoms with E-state index in [0.717, 1.165) is 10.9 Å². The van der Waals surface area contributed by atoms with Crippen LogP contribution in [0.5, 0.6) is 5.75 Å². The first-order chi connectivity index (χ1) is 7.58. The van der Waals surface area contributed by atoms with Crippen molar-refractivity contribution < 1.29 is 14.3 Å². The SMILES string of the molecule is COC(=O)[C@@H](C)Oc1ccc(C)c(CBr)c1. The predicted molar refractivity (Wildman–Crippen MR) is 65.9 cm³/mol. The van der Waals surface area contributed by atoms with Crippen LogP contribution in [0.1, 0.15) is 18.1 Å². The Kier molecular flexibility index (Phi) is 4.80. The fourth-order valence-corrected chi connectivity index (χ4v) is 1.89. The van der Waals surface area contributed by atoms with Crippen molar-refractivity contribution in [3.8, 4) is 5.75 Å². The first kappa shape index (κ1) is 13.0. The number of hydrogen-bond donors (Lipinski definition) is 0. The Morgan fingerprint density at radius 1 is 1.50 bits per heavy atom. The highest BCUT2D eigenvalue weighted by Crippen LogP contribution is 2.20. The number of benzene rings is 1. The Bertz CT molecular complexity index is 377. The third-order valence-electron chi connectivity index (χ3n) is 2.31. The van der Waals surface area contributed by atoms with Gasteiger partial charge in [0.2, 0.25) is 0 Å². The monoisotopic (exact) mass is 286 g/mol. The van der Waals surface area contributed by atoms with Crippen molar-refractivity contribution in [3.05, 3.63) is 29.3 Å². The summed E-state index contributed by atoms with van der Waals surface area (Å²) in [5.41, 5.74) is 2.34. The van der Waals surface area contributed by atoms with Crippen LogP contribution in [0.15, 0.2) is 18.2 Å². The topological polar surface area (TPSA) is 35.5 Å². The van der Waals surface area contributed by atoms with Crippen LogP contribution in [-0.4, -0.2) is 19.2 Å². The van der Waals surface area contributed by atoms with Gasteiger partial charge >= 0.3 is 5.97 Å². The Morgan fingerprint density at radius 3 is 2.75 bits per heavy atom. The lowest BCUT2D eigenvalue weighted by Crippen LogP contribution is -2.24. The second-order valence-corrected chi connectivity index (χ2v) is 4.07. The van der Waals surface area contributed by atoms with E-state index in [1.54, 1.807) is 6.92 Å². The van der Waals surface area contributed by atoms with E-state index in [4.69, 9.17) is 4.74 Å². The molecule has 0 fully saturated rings. The lowest BCUT2D eigenvalue weighted by Gasteiger charge is -2.13. The molecule has 1 atom stereocenters. The second kappa shape index (κ2) is 5.89. The fourth-order valence-electron chi connectivity index (χ4n) is 1.28. The lowest BCUT2D eigenvalue weighted by atomic mass is 10.1. The molecule has 4 heteroatoms. The van der Waals surface area contributed by atoms with E-state index < -0.39 is 6.10 Å². The minimum Gasteiger partial charge on any atom is -0.479 e. The zero-order chi connectivity index (χ0) is 12.1. The van der Waals surface area contributed by atoms with Gasteiger partial charge < -0.3 is 9.47 Å². The third kappa shape index (κ3) is 3.23. The van der Waals surface area contributed by atoms with Crippen molar-refractivity contribution in [3.63, 3.8) is 0 Å². The van der Waals surface area contributed by atoms with Crippen LogP contribution >= 0.6 is 15.9 Å². The zero-order valence-corrected chi connectivity index (χ0v) is 11.2. The molecule has 1 rings (SSSR count). The van der Waals surface area contributed by atoms with Crippen LogP contribution in [0.4, 0.5) is 0 Å². The molecule has 0 amide bonds. The molecule has 1 aromatic carbocycles. The van der Waals surface area contributed by atoms with Gasteiger partial charge in [-0.2, -0.15) is 0 Å². The average molecular weight is 287 g/mol. The van der Waals surface area contributed by atoms with Gasteiger partial charge in [0.05, 0.1) is 7.11 Å². The minimum absolute atomic E-state index is 0.374. The van der Waals surface area contributed by atoms with Gasteiger partial charge in [0.15, 0.2) is 6.10 Å². The summed E-state index contributed by atoms with van der Waals surface area (Å²) in [5.74, 6) is 0.305. The first-order valence-corrected chi connectivity index (χ1v) is 6.10. The number of methoxy groups -OCH3 is 1. The van der Waals surface area contributed by atoms with Crippen LogP contribution in [-0.2, 0) is 14.9 Å². The van der Waals surface area contributed by atoms with Crippen molar-refractivity contribution in [2.24, 2.45) is 0 Å². The summed E-state index contributed by atoms with van der Waals surface area (Å²) in [6.07, 6.45) is -0.587. The van der Waals surface area contributed by atoms with E-state index in [1.807, 2.05) is 25.1 Å². The largest absolute Gasteiger partial charge is 0.479 e. The maximum absolute atomic E-state index is 11.2. The van der Waals surface area contributed by atoms with Gasteiger partial charge in [-0.05, 0) is 37.1 Å². The number of rotatable bonds is 4. The van der Waals surface area contributed by atoms with Gasteiger partial charge in [0.1, 0.15) is 5.75 Å². The zero-order valence-electron chi connectivity index (χ0n) is 9.62. The minimum atomic E-state index is -0.587. The van der Waals surface area contributed by atoms with Gasteiger partial charge in [0, 0.05) is 5.33 Å². The Labute approximate surface area is 104 Å². The predicted octanol–water partition coefficient (Wildman–Crippen LogP) is 2.83. The number of alkyl halides is 1. The number of aryl methyl sites for hydroxylation is 1. The highest BCUT2D eigenvalue weighted by molar-refractivity contribution is 9.08. The molecule has 0 aliphatic heterocycles. The molecule has 0 spiro atoms. The molecule has 1 aromatic rings. The van der Waals surface area contributed by atoms with Gasteiger partial charge in [-0.25, -0.2) is 4.79 Å². The maximum atomic E-state index is 11.2. The summed E-state index contributed by atoms with van der Waals surface area (Å²) in [5, 5.41) is 0.767. The van der Waals surface area contributed by atoms with Crippen molar-refractivity contribution in [1.82, 2.24) is 0 Å². The van der Waals surface area contributed by atoms with Crippen LogP contribution < -0.4 is 4.74 Å². The molecule has 3 nitrogen and oxygen atoms in total. The molecule has 0 unspecified atom stereocenters. The number of carbonyl (C=O) groups is 1. The molecular weight excluding hydrogens is 272 g/mol. The quantitative estimate of drug-likeness (QED) is 0.631. The number of hydrogen-bond acceptors (Lipinski definition) is 3. The molecule has 88 valence electrons. The van der Waals surface area contributed by atoms with Crippen molar-refractivity contribution >= 4 is 21.9 Å². The Hall–Kier alpha value is -1.03. The molecule has 16 heavy (non-hydrogen) atoms. The van der Waals surface area contributed by atoms with Crippen molar-refractivity contribution in [1.29, 1.82) is 0 Å². The highest BCUT2D eigenvalue weighted by Gasteiger charge is 2.14. The summed E-state index contributed by atoms with van der Waals surface area (Å²) in [7, 11) is 1.35. The number of carbonyl (C=O) groups excluding carboxylic acids is 1. The van der Waals surface area contributed by atoms with Gasteiger partial charge in [-0.1, -0.05) is 22.0 Å². The summed E-state index contributed by atoms with van der Waals surface area (Å²) in [6.45, 7) is 3.70. The standard InChI is InChI=1S/C12H15BrO3/c1-8-4-5-11(6-10(8)7-13)16-9(2)12(14)15-3/h4-6,9H,7H2,1-3H3/t9-/m1/s1. The van der Waals surface area contributed by atoms with Gasteiger partial charge in [0.25, 0.3) is 0 Å².